The number of fused-ring (bicyclic) bond motifs is 3. The number of carbonyl (C=O) groups excluding carboxylic acids is 1. The Balaban J connectivity index is 1.76. The fourth-order valence-corrected chi connectivity index (χ4v) is 3.60. The van der Waals surface area contributed by atoms with E-state index in [2.05, 4.69) is 10.4 Å². The zero-order valence-corrected chi connectivity index (χ0v) is 14.2. The Kier molecular flexibility index (Phi) is 3.85. The first-order valence-electron chi connectivity index (χ1n) is 8.48. The SMILES string of the molecule is CC(CO)(CO)NC(=O)c1nn(-c2ccc(F)cc2F)c2c1C[C@H]1C[C@@H]21. The molecule has 0 aliphatic heterocycles. The molecular weight excluding hydrogens is 344 g/mol. The Hall–Kier alpha value is -2.32. The largest absolute Gasteiger partial charge is 0.394 e. The lowest BCUT2D eigenvalue weighted by molar-refractivity contribution is 0.0718. The summed E-state index contributed by atoms with van der Waals surface area (Å²) < 4.78 is 28.9. The minimum atomic E-state index is -1.18. The Bertz CT molecular complexity index is 892. The van der Waals surface area contributed by atoms with Gasteiger partial charge in [0.2, 0.25) is 0 Å². The molecule has 2 atom stereocenters. The second kappa shape index (κ2) is 5.85. The van der Waals surface area contributed by atoms with Gasteiger partial charge in [-0.2, -0.15) is 5.10 Å². The van der Waals surface area contributed by atoms with E-state index in [4.69, 9.17) is 0 Å². The van der Waals surface area contributed by atoms with Crippen LogP contribution in [0.5, 0.6) is 0 Å². The van der Waals surface area contributed by atoms with Crippen molar-refractivity contribution in [2.24, 2.45) is 5.92 Å². The highest BCUT2D eigenvalue weighted by Crippen LogP contribution is 2.57. The number of rotatable bonds is 5. The van der Waals surface area contributed by atoms with Crippen molar-refractivity contribution in [2.45, 2.75) is 31.2 Å². The van der Waals surface area contributed by atoms with Gasteiger partial charge in [-0.1, -0.05) is 0 Å². The topological polar surface area (TPSA) is 87.4 Å². The molecule has 6 nitrogen and oxygen atoms in total. The molecule has 1 saturated carbocycles. The molecule has 1 aromatic heterocycles. The Morgan fingerprint density at radius 3 is 2.77 bits per heavy atom. The van der Waals surface area contributed by atoms with Crippen molar-refractivity contribution < 1.29 is 23.8 Å². The van der Waals surface area contributed by atoms with E-state index in [1.807, 2.05) is 0 Å². The van der Waals surface area contributed by atoms with Crippen molar-refractivity contribution in [3.8, 4) is 5.69 Å². The summed E-state index contributed by atoms with van der Waals surface area (Å²) in [4.78, 5) is 12.7. The van der Waals surface area contributed by atoms with E-state index >= 15 is 0 Å². The number of aromatic nitrogens is 2. The standard InChI is InChI=1S/C18H19F2N3O3/c1-18(7-24,8-25)21-17(26)15-12-5-9-4-11(9)16(12)23(22-15)14-3-2-10(19)6-13(14)20/h2-3,6,9,11,24-25H,4-5,7-8H2,1H3,(H,21,26)/t9-,11-/m1/s1. The summed E-state index contributed by atoms with van der Waals surface area (Å²) in [5.74, 6) is -1.31. The number of amides is 1. The molecule has 1 heterocycles. The van der Waals surface area contributed by atoms with Crippen molar-refractivity contribution in [2.75, 3.05) is 13.2 Å². The maximum absolute atomic E-state index is 14.3. The van der Waals surface area contributed by atoms with Gasteiger partial charge < -0.3 is 15.5 Å². The third-order valence-corrected chi connectivity index (χ3v) is 5.23. The smallest absolute Gasteiger partial charge is 0.272 e. The zero-order valence-electron chi connectivity index (χ0n) is 14.2. The summed E-state index contributed by atoms with van der Waals surface area (Å²) in [5.41, 5.74) is 0.618. The van der Waals surface area contributed by atoms with Gasteiger partial charge in [0.05, 0.1) is 24.4 Å². The molecule has 1 amide bonds. The minimum absolute atomic E-state index is 0.0985. The summed E-state index contributed by atoms with van der Waals surface area (Å²) in [7, 11) is 0. The van der Waals surface area contributed by atoms with E-state index in [1.165, 1.54) is 17.7 Å². The Morgan fingerprint density at radius 1 is 1.38 bits per heavy atom. The maximum atomic E-state index is 14.3. The Labute approximate surface area is 148 Å². The number of carbonyl (C=O) groups is 1. The normalized spacial score (nSPS) is 20.7. The van der Waals surface area contributed by atoms with E-state index in [9.17, 15) is 23.8 Å². The minimum Gasteiger partial charge on any atom is -0.394 e. The molecule has 2 aliphatic rings. The highest BCUT2D eigenvalue weighted by Gasteiger charge is 2.50. The van der Waals surface area contributed by atoms with Gasteiger partial charge in [-0.05, 0) is 37.8 Å². The van der Waals surface area contributed by atoms with Crippen molar-refractivity contribution in [1.82, 2.24) is 15.1 Å². The molecule has 0 spiro atoms. The van der Waals surface area contributed by atoms with Crippen LogP contribution in [0.1, 0.15) is 41.0 Å². The lowest BCUT2D eigenvalue weighted by Gasteiger charge is -2.25. The fraction of sp³-hybridized carbons (Fsp3) is 0.444. The molecule has 2 aliphatic carbocycles. The molecule has 1 aromatic carbocycles. The van der Waals surface area contributed by atoms with E-state index in [0.717, 1.165) is 29.8 Å². The molecule has 4 rings (SSSR count). The van der Waals surface area contributed by atoms with Crippen molar-refractivity contribution in [3.63, 3.8) is 0 Å². The quantitative estimate of drug-likeness (QED) is 0.747. The second-order valence-electron chi connectivity index (χ2n) is 7.36. The first-order chi connectivity index (χ1) is 12.4. The number of halogens is 2. The number of aliphatic hydroxyl groups is 2. The number of nitrogens with one attached hydrogen (secondary N) is 1. The van der Waals surface area contributed by atoms with Gasteiger partial charge in [-0.25, -0.2) is 13.5 Å². The number of hydrogen-bond donors (Lipinski definition) is 3. The first kappa shape index (κ1) is 17.1. The van der Waals surface area contributed by atoms with Crippen LogP contribution >= 0.6 is 0 Å². The monoisotopic (exact) mass is 363 g/mol. The maximum Gasteiger partial charge on any atom is 0.272 e. The number of hydrogen-bond acceptors (Lipinski definition) is 4. The predicted octanol–water partition coefficient (Wildman–Crippen LogP) is 1.28. The second-order valence-corrected chi connectivity index (χ2v) is 7.36. The number of aliphatic hydroxyl groups excluding tert-OH is 2. The molecule has 0 bridgehead atoms. The molecule has 2 aromatic rings. The van der Waals surface area contributed by atoms with Gasteiger partial charge in [-0.3, -0.25) is 4.79 Å². The molecule has 0 saturated heterocycles. The van der Waals surface area contributed by atoms with Crippen LogP contribution in [0, 0.1) is 17.6 Å². The highest BCUT2D eigenvalue weighted by molar-refractivity contribution is 5.95. The molecule has 8 heteroatoms. The van der Waals surface area contributed by atoms with Crippen molar-refractivity contribution in [1.29, 1.82) is 0 Å². The van der Waals surface area contributed by atoms with Crippen LogP contribution < -0.4 is 5.32 Å². The summed E-state index contributed by atoms with van der Waals surface area (Å²) in [6.07, 6.45) is 1.65. The summed E-state index contributed by atoms with van der Waals surface area (Å²) in [5, 5.41) is 25.7. The first-order valence-corrected chi connectivity index (χ1v) is 8.48. The molecule has 3 N–H and O–H groups in total. The van der Waals surface area contributed by atoms with Crippen LogP contribution in [0.4, 0.5) is 8.78 Å². The van der Waals surface area contributed by atoms with Gasteiger partial charge in [-0.15, -0.1) is 0 Å². The molecule has 26 heavy (non-hydrogen) atoms. The van der Waals surface area contributed by atoms with Crippen LogP contribution in [-0.4, -0.2) is 44.7 Å². The summed E-state index contributed by atoms with van der Waals surface area (Å²) in [6.45, 7) is 0.644. The molecule has 0 radical (unpaired) electrons. The number of benzene rings is 1. The van der Waals surface area contributed by atoms with Crippen molar-refractivity contribution >= 4 is 5.91 Å². The van der Waals surface area contributed by atoms with Crippen LogP contribution in [0.25, 0.3) is 5.69 Å². The van der Waals surface area contributed by atoms with E-state index < -0.39 is 36.3 Å². The van der Waals surface area contributed by atoms with Crippen LogP contribution in [0.3, 0.4) is 0 Å². The highest BCUT2D eigenvalue weighted by atomic mass is 19.1. The van der Waals surface area contributed by atoms with Gasteiger partial charge in [0.25, 0.3) is 5.91 Å². The van der Waals surface area contributed by atoms with Crippen LogP contribution in [0.2, 0.25) is 0 Å². The summed E-state index contributed by atoms with van der Waals surface area (Å²) >= 11 is 0. The van der Waals surface area contributed by atoms with Crippen LogP contribution in [0.15, 0.2) is 18.2 Å². The third-order valence-electron chi connectivity index (χ3n) is 5.23. The predicted molar refractivity (Wildman–Crippen MR) is 88.1 cm³/mol. The summed E-state index contributed by atoms with van der Waals surface area (Å²) in [6, 6.07) is 3.25. The molecular formula is C18H19F2N3O3. The average molecular weight is 363 g/mol. The van der Waals surface area contributed by atoms with Gasteiger partial charge >= 0.3 is 0 Å². The van der Waals surface area contributed by atoms with Gasteiger partial charge in [0.1, 0.15) is 11.5 Å². The van der Waals surface area contributed by atoms with Crippen LogP contribution in [-0.2, 0) is 6.42 Å². The third kappa shape index (κ3) is 2.60. The Morgan fingerprint density at radius 2 is 2.12 bits per heavy atom. The van der Waals surface area contributed by atoms with Gasteiger partial charge in [0.15, 0.2) is 11.5 Å². The van der Waals surface area contributed by atoms with E-state index in [-0.39, 0.29) is 17.3 Å². The molecule has 138 valence electrons. The number of nitrogens with zero attached hydrogens (tertiary/aromatic N) is 2. The van der Waals surface area contributed by atoms with Crippen molar-refractivity contribution in [3.05, 3.63) is 46.8 Å². The van der Waals surface area contributed by atoms with Gasteiger partial charge in [0, 0.05) is 17.5 Å². The zero-order chi connectivity index (χ0) is 18.6. The fourth-order valence-electron chi connectivity index (χ4n) is 3.60. The lowest BCUT2D eigenvalue weighted by atomic mass is 10.0. The molecule has 1 fully saturated rings. The average Bonchev–Trinajstić information content (AvgIpc) is 3.11. The lowest BCUT2D eigenvalue weighted by Crippen LogP contribution is -2.52. The van der Waals surface area contributed by atoms with E-state index in [0.29, 0.717) is 12.3 Å². The molecule has 0 unspecified atom stereocenters. The van der Waals surface area contributed by atoms with E-state index in [1.54, 1.807) is 0 Å².